The molecule has 2 aromatic heterocycles. The molecule has 11 nitrogen and oxygen atoms in total. The summed E-state index contributed by atoms with van der Waals surface area (Å²) in [6.45, 7) is 5.33. The number of rotatable bonds is 8. The number of aliphatic carboxylic acids is 1. The molecule has 0 bridgehead atoms. The number of carboxylic acid groups (broad SMARTS) is 1. The van der Waals surface area contributed by atoms with Crippen molar-refractivity contribution in [2.75, 3.05) is 50.0 Å². The molecule has 3 aromatic rings. The highest BCUT2D eigenvalue weighted by Gasteiger charge is 2.49. The van der Waals surface area contributed by atoms with Gasteiger partial charge in [-0.1, -0.05) is 12.1 Å². The predicted octanol–water partition coefficient (Wildman–Crippen LogP) is 4.25. The minimum absolute atomic E-state index is 0.116. The number of nitrogens with one attached hydrogen (secondary N) is 2. The number of aromatic nitrogens is 3. The standard InChI is InChI=1S/C29H35F4N7O4S/c1-18-14-25(37-36-18)35-24-15-22(39-12-10-38(3)11-13-39)26(30)21(34-24)17-28(27(41)42)8-9-40(19(2)16-28)45(43,44)23-7-5-4-6-20(23)29(31,32)33/h4-7,14-15,19H,8-13,16-17H2,1-3H3,(H,41,42)(H2,34,35,36,37)/t19-,28-/m1/s1. The van der Waals surface area contributed by atoms with Crippen LogP contribution in [0.3, 0.4) is 0 Å². The fourth-order valence-corrected chi connectivity index (χ4v) is 7.96. The highest BCUT2D eigenvalue weighted by molar-refractivity contribution is 7.89. The van der Waals surface area contributed by atoms with E-state index in [9.17, 15) is 31.5 Å². The summed E-state index contributed by atoms with van der Waals surface area (Å²) in [5, 5.41) is 20.5. The number of anilines is 3. The average Bonchev–Trinajstić information content (AvgIpc) is 3.38. The molecule has 2 atom stereocenters. The Kier molecular flexibility index (Phi) is 8.85. The number of likely N-dealkylation sites (N-methyl/N-ethyl adjacent to an activating group) is 1. The number of hydrogen-bond donors (Lipinski definition) is 3. The van der Waals surface area contributed by atoms with Gasteiger partial charge in [0, 0.05) is 63.0 Å². The van der Waals surface area contributed by atoms with Crippen LogP contribution in [0.5, 0.6) is 0 Å². The van der Waals surface area contributed by atoms with Gasteiger partial charge >= 0.3 is 12.1 Å². The molecule has 2 saturated heterocycles. The van der Waals surface area contributed by atoms with Crippen molar-refractivity contribution in [1.82, 2.24) is 24.4 Å². The summed E-state index contributed by atoms with van der Waals surface area (Å²) < 4.78 is 85.2. The molecule has 0 radical (unpaired) electrons. The largest absolute Gasteiger partial charge is 0.481 e. The van der Waals surface area contributed by atoms with Gasteiger partial charge < -0.3 is 20.2 Å². The maximum atomic E-state index is 16.2. The van der Waals surface area contributed by atoms with E-state index in [1.54, 1.807) is 12.1 Å². The van der Waals surface area contributed by atoms with E-state index in [0.717, 1.165) is 22.1 Å². The Morgan fingerprint density at radius 2 is 1.82 bits per heavy atom. The lowest BCUT2D eigenvalue weighted by Crippen LogP contribution is -2.52. The van der Waals surface area contributed by atoms with Crippen molar-refractivity contribution in [2.24, 2.45) is 5.41 Å². The van der Waals surface area contributed by atoms with E-state index < -0.39 is 49.9 Å². The van der Waals surface area contributed by atoms with Gasteiger partial charge in [0.1, 0.15) is 5.82 Å². The van der Waals surface area contributed by atoms with Gasteiger partial charge in [0.05, 0.1) is 27.3 Å². The number of aryl methyl sites for hydroxylation is 1. The fraction of sp³-hybridized carbons (Fsp3) is 0.483. The molecular formula is C29H35F4N7O4S. The molecule has 2 fully saturated rings. The number of benzene rings is 1. The number of piperidine rings is 1. The van der Waals surface area contributed by atoms with Crippen LogP contribution in [-0.2, 0) is 27.4 Å². The highest BCUT2D eigenvalue weighted by atomic mass is 32.2. The number of hydrogen-bond acceptors (Lipinski definition) is 8. The summed E-state index contributed by atoms with van der Waals surface area (Å²) >= 11 is 0. The second kappa shape index (κ2) is 12.2. The van der Waals surface area contributed by atoms with Crippen LogP contribution in [-0.4, -0.2) is 89.7 Å². The fourth-order valence-electron chi connectivity index (χ4n) is 6.11. The molecule has 3 N–H and O–H groups in total. The Morgan fingerprint density at radius 1 is 1.13 bits per heavy atom. The number of piperazine rings is 1. The quantitative estimate of drug-likeness (QED) is 0.305. The molecule has 16 heteroatoms. The molecule has 0 amide bonds. The minimum atomic E-state index is -4.91. The van der Waals surface area contributed by atoms with Crippen LogP contribution in [0.25, 0.3) is 0 Å². The van der Waals surface area contributed by atoms with E-state index in [1.165, 1.54) is 13.0 Å². The summed E-state index contributed by atoms with van der Waals surface area (Å²) in [4.78, 5) is 20.4. The number of aromatic amines is 1. The Morgan fingerprint density at radius 3 is 2.42 bits per heavy atom. The van der Waals surface area contributed by atoms with Crippen molar-refractivity contribution in [1.29, 1.82) is 0 Å². The van der Waals surface area contributed by atoms with Crippen LogP contribution in [0.2, 0.25) is 0 Å². The Labute approximate surface area is 258 Å². The van der Waals surface area contributed by atoms with Gasteiger partial charge in [-0.15, -0.1) is 0 Å². The van der Waals surface area contributed by atoms with E-state index in [2.05, 4.69) is 25.4 Å². The molecule has 45 heavy (non-hydrogen) atoms. The lowest BCUT2D eigenvalue weighted by molar-refractivity contribution is -0.152. The molecule has 244 valence electrons. The van der Waals surface area contributed by atoms with Gasteiger partial charge in [0.15, 0.2) is 11.6 Å². The lowest BCUT2D eigenvalue weighted by atomic mass is 9.73. The first kappa shape index (κ1) is 32.6. The smallest absolute Gasteiger partial charge is 0.417 e. The number of pyridine rings is 1. The molecule has 1 aromatic carbocycles. The number of carboxylic acids is 1. The van der Waals surface area contributed by atoms with Crippen LogP contribution in [0.4, 0.5) is 34.9 Å². The number of H-pyrrole nitrogens is 1. The van der Waals surface area contributed by atoms with Gasteiger partial charge in [0.25, 0.3) is 0 Å². The van der Waals surface area contributed by atoms with E-state index in [0.29, 0.717) is 38.1 Å². The number of carbonyl (C=O) groups is 1. The van der Waals surface area contributed by atoms with Gasteiger partial charge in [-0.05, 0) is 45.9 Å². The molecule has 5 rings (SSSR count). The molecule has 0 saturated carbocycles. The summed E-state index contributed by atoms with van der Waals surface area (Å²) in [6.07, 6.45) is -5.80. The SMILES string of the molecule is Cc1cc(Nc2cc(N3CCN(C)CC3)c(F)c(C[C@@]3(C(=O)O)CCN(S(=O)(=O)c4ccccc4C(F)(F)F)[C@H](C)C3)n2)n[nH]1. The normalized spacial score (nSPS) is 22.0. The monoisotopic (exact) mass is 653 g/mol. The first-order chi connectivity index (χ1) is 21.1. The lowest BCUT2D eigenvalue weighted by Gasteiger charge is -2.42. The zero-order valence-electron chi connectivity index (χ0n) is 25.0. The van der Waals surface area contributed by atoms with Crippen LogP contribution < -0.4 is 10.2 Å². The Balaban J connectivity index is 1.48. The number of halogens is 4. The summed E-state index contributed by atoms with van der Waals surface area (Å²) in [6, 6.07) is 6.17. The van der Waals surface area contributed by atoms with E-state index in [4.69, 9.17) is 0 Å². The minimum Gasteiger partial charge on any atom is -0.481 e. The van der Waals surface area contributed by atoms with Gasteiger partial charge in [-0.2, -0.15) is 22.6 Å². The summed E-state index contributed by atoms with van der Waals surface area (Å²) in [5.41, 5.74) is -2.03. The predicted molar refractivity (Wildman–Crippen MR) is 158 cm³/mol. The van der Waals surface area contributed by atoms with Crippen LogP contribution in [0.1, 0.15) is 36.7 Å². The molecule has 2 aliphatic heterocycles. The van der Waals surface area contributed by atoms with Gasteiger partial charge in [0.2, 0.25) is 10.0 Å². The van der Waals surface area contributed by atoms with Crippen molar-refractivity contribution in [3.05, 3.63) is 59.2 Å². The van der Waals surface area contributed by atoms with E-state index in [1.807, 2.05) is 18.9 Å². The molecule has 2 aliphatic rings. The van der Waals surface area contributed by atoms with Crippen LogP contribution >= 0.6 is 0 Å². The molecule has 0 spiro atoms. The summed E-state index contributed by atoms with van der Waals surface area (Å²) in [5.74, 6) is -1.26. The summed E-state index contributed by atoms with van der Waals surface area (Å²) in [7, 11) is -2.68. The average molecular weight is 654 g/mol. The number of alkyl halides is 3. The first-order valence-corrected chi connectivity index (χ1v) is 15.9. The van der Waals surface area contributed by atoms with Crippen molar-refractivity contribution in [3.8, 4) is 0 Å². The maximum Gasteiger partial charge on any atom is 0.417 e. The maximum absolute atomic E-state index is 16.2. The second-order valence-corrected chi connectivity index (χ2v) is 13.7. The third-order valence-corrected chi connectivity index (χ3v) is 10.6. The highest BCUT2D eigenvalue weighted by Crippen LogP contribution is 2.43. The number of sulfonamides is 1. The van der Waals surface area contributed by atoms with Crippen molar-refractivity contribution in [3.63, 3.8) is 0 Å². The molecule has 0 aliphatic carbocycles. The third-order valence-electron chi connectivity index (χ3n) is 8.54. The van der Waals surface area contributed by atoms with Crippen LogP contribution in [0.15, 0.2) is 41.3 Å². The van der Waals surface area contributed by atoms with E-state index in [-0.39, 0.29) is 43.0 Å². The Hall–Kier alpha value is -3.76. The zero-order valence-corrected chi connectivity index (χ0v) is 25.8. The topological polar surface area (TPSA) is 135 Å². The third kappa shape index (κ3) is 6.63. The molecule has 0 unspecified atom stereocenters. The first-order valence-electron chi connectivity index (χ1n) is 14.4. The Bertz CT molecular complexity index is 1670. The number of nitrogens with zero attached hydrogens (tertiary/aromatic N) is 5. The molecular weight excluding hydrogens is 618 g/mol. The van der Waals surface area contributed by atoms with Gasteiger partial charge in [-0.25, -0.2) is 17.8 Å². The van der Waals surface area contributed by atoms with E-state index >= 15 is 4.39 Å². The second-order valence-electron chi connectivity index (χ2n) is 11.8. The van der Waals surface area contributed by atoms with Crippen molar-refractivity contribution in [2.45, 2.75) is 50.2 Å². The van der Waals surface area contributed by atoms with Crippen molar-refractivity contribution < 1.29 is 35.9 Å². The van der Waals surface area contributed by atoms with Gasteiger partial charge in [-0.3, -0.25) is 9.89 Å². The van der Waals surface area contributed by atoms with Crippen molar-refractivity contribution >= 4 is 33.3 Å². The van der Waals surface area contributed by atoms with Crippen LogP contribution in [0, 0.1) is 18.2 Å². The molecule has 4 heterocycles. The zero-order chi connectivity index (χ0) is 32.7.